The molecule has 0 spiro atoms. The number of nitrogens with zero attached hydrogens (tertiary/aromatic N) is 1. The molecule has 1 aliphatic carbocycles. The number of hydrogen-bond donors (Lipinski definition) is 1. The summed E-state index contributed by atoms with van der Waals surface area (Å²) in [6.07, 6.45) is 2.51. The van der Waals surface area contributed by atoms with Gasteiger partial charge in [-0.3, -0.25) is 4.79 Å². The van der Waals surface area contributed by atoms with E-state index < -0.39 is 0 Å². The molecule has 0 aliphatic heterocycles. The lowest BCUT2D eigenvalue weighted by atomic mass is 10.1. The number of amides is 1. The zero-order chi connectivity index (χ0) is 14.3. The predicted molar refractivity (Wildman–Crippen MR) is 85.3 cm³/mol. The van der Waals surface area contributed by atoms with Crippen molar-refractivity contribution >= 4 is 33.0 Å². The summed E-state index contributed by atoms with van der Waals surface area (Å²) in [7, 11) is 0. The van der Waals surface area contributed by atoms with Crippen molar-refractivity contribution in [2.45, 2.75) is 26.7 Å². The van der Waals surface area contributed by atoms with E-state index in [9.17, 15) is 4.79 Å². The smallest absolute Gasteiger partial charge is 0.266 e. The number of carbonyl (C=O) groups is 1. The second-order valence-electron chi connectivity index (χ2n) is 5.63. The highest BCUT2D eigenvalue weighted by Gasteiger charge is 2.28. The lowest BCUT2D eigenvalue weighted by molar-refractivity contribution is 0.0763. The Kier molecular flexibility index (Phi) is 3.42. The third-order valence-electron chi connectivity index (χ3n) is 3.92. The Balaban J connectivity index is 1.95. The van der Waals surface area contributed by atoms with Gasteiger partial charge in [-0.2, -0.15) is 0 Å². The van der Waals surface area contributed by atoms with Gasteiger partial charge in [-0.1, -0.05) is 11.6 Å². The van der Waals surface area contributed by atoms with Crippen LogP contribution in [0.1, 0.15) is 35.0 Å². The molecule has 1 aliphatic rings. The van der Waals surface area contributed by atoms with E-state index in [0.717, 1.165) is 23.2 Å². The number of rotatable bonds is 4. The van der Waals surface area contributed by atoms with Crippen LogP contribution in [0.25, 0.3) is 10.1 Å². The van der Waals surface area contributed by atoms with Crippen LogP contribution in [0.3, 0.4) is 0 Å². The fourth-order valence-corrected chi connectivity index (χ4v) is 3.57. The molecule has 1 aromatic heterocycles. The number of carbonyl (C=O) groups excluding carboxylic acids is 1. The highest BCUT2D eigenvalue weighted by Crippen LogP contribution is 2.36. The molecule has 1 saturated carbocycles. The topological polar surface area (TPSA) is 46.3 Å². The van der Waals surface area contributed by atoms with Gasteiger partial charge in [0.2, 0.25) is 0 Å². The SMILES string of the molecule is CCN(CC1CC1)C(=O)c1sc2ccc(C)cc2c1N. The van der Waals surface area contributed by atoms with Crippen LogP contribution in [0.15, 0.2) is 18.2 Å². The Bertz CT molecular complexity index is 658. The average Bonchev–Trinajstić information content (AvgIpc) is 3.20. The fourth-order valence-electron chi connectivity index (χ4n) is 2.50. The number of aryl methyl sites for hydroxylation is 1. The number of nitrogens with two attached hydrogens (primary N) is 1. The Hall–Kier alpha value is -1.55. The Morgan fingerprint density at radius 2 is 2.20 bits per heavy atom. The first-order chi connectivity index (χ1) is 9.60. The van der Waals surface area contributed by atoms with Gasteiger partial charge in [0.15, 0.2) is 0 Å². The normalized spacial score (nSPS) is 14.7. The Labute approximate surface area is 123 Å². The first-order valence-corrected chi connectivity index (χ1v) is 7.99. The molecule has 1 heterocycles. The van der Waals surface area contributed by atoms with Gasteiger partial charge >= 0.3 is 0 Å². The molecule has 0 bridgehead atoms. The third-order valence-corrected chi connectivity index (χ3v) is 5.10. The van der Waals surface area contributed by atoms with Crippen molar-refractivity contribution in [1.82, 2.24) is 4.90 Å². The molecule has 1 aromatic carbocycles. The minimum atomic E-state index is 0.0933. The van der Waals surface area contributed by atoms with E-state index in [1.54, 1.807) is 0 Å². The van der Waals surface area contributed by atoms with Crippen molar-refractivity contribution in [1.29, 1.82) is 0 Å². The lowest BCUT2D eigenvalue weighted by Gasteiger charge is -2.20. The molecule has 0 unspecified atom stereocenters. The largest absolute Gasteiger partial charge is 0.397 e. The second kappa shape index (κ2) is 5.09. The van der Waals surface area contributed by atoms with E-state index in [1.165, 1.54) is 29.7 Å². The maximum atomic E-state index is 12.7. The highest BCUT2D eigenvalue weighted by atomic mass is 32.1. The molecule has 2 aromatic rings. The monoisotopic (exact) mass is 288 g/mol. The van der Waals surface area contributed by atoms with Crippen molar-refractivity contribution in [2.75, 3.05) is 18.8 Å². The van der Waals surface area contributed by atoms with Gasteiger partial charge in [0.05, 0.1) is 5.69 Å². The maximum absolute atomic E-state index is 12.7. The number of fused-ring (bicyclic) bond motifs is 1. The van der Waals surface area contributed by atoms with E-state index in [1.807, 2.05) is 18.7 Å². The molecule has 2 N–H and O–H groups in total. The van der Waals surface area contributed by atoms with Crippen molar-refractivity contribution in [3.8, 4) is 0 Å². The van der Waals surface area contributed by atoms with Gasteiger partial charge in [-0.05, 0) is 44.7 Å². The van der Waals surface area contributed by atoms with Crippen LogP contribution < -0.4 is 5.73 Å². The van der Waals surface area contributed by atoms with Gasteiger partial charge in [0.1, 0.15) is 4.88 Å². The summed E-state index contributed by atoms with van der Waals surface area (Å²) in [5.74, 6) is 0.799. The molecule has 1 fully saturated rings. The average molecular weight is 288 g/mol. The number of anilines is 1. The maximum Gasteiger partial charge on any atom is 0.266 e. The lowest BCUT2D eigenvalue weighted by Crippen LogP contribution is -2.32. The minimum absolute atomic E-state index is 0.0933. The van der Waals surface area contributed by atoms with Crippen molar-refractivity contribution in [3.05, 3.63) is 28.6 Å². The van der Waals surface area contributed by atoms with Crippen molar-refractivity contribution in [3.63, 3.8) is 0 Å². The van der Waals surface area contributed by atoms with E-state index in [0.29, 0.717) is 16.5 Å². The summed E-state index contributed by atoms with van der Waals surface area (Å²) >= 11 is 1.52. The molecular formula is C16H20N2OS. The van der Waals surface area contributed by atoms with Crippen molar-refractivity contribution < 1.29 is 4.79 Å². The molecule has 106 valence electrons. The zero-order valence-corrected chi connectivity index (χ0v) is 12.8. The van der Waals surface area contributed by atoms with Crippen LogP contribution in [-0.4, -0.2) is 23.9 Å². The molecule has 0 atom stereocenters. The molecule has 20 heavy (non-hydrogen) atoms. The summed E-state index contributed by atoms with van der Waals surface area (Å²) in [4.78, 5) is 15.3. The van der Waals surface area contributed by atoms with Gasteiger partial charge in [-0.25, -0.2) is 0 Å². The summed E-state index contributed by atoms with van der Waals surface area (Å²) < 4.78 is 1.10. The molecule has 3 nitrogen and oxygen atoms in total. The van der Waals surface area contributed by atoms with Crippen molar-refractivity contribution in [2.24, 2.45) is 5.92 Å². The fraction of sp³-hybridized carbons (Fsp3) is 0.438. The van der Waals surface area contributed by atoms with Gasteiger partial charge < -0.3 is 10.6 Å². The van der Waals surface area contributed by atoms with E-state index >= 15 is 0 Å². The van der Waals surface area contributed by atoms with Crippen LogP contribution >= 0.6 is 11.3 Å². The predicted octanol–water partition coefficient (Wildman–Crippen LogP) is 3.66. The number of thiophene rings is 1. The van der Waals surface area contributed by atoms with Gasteiger partial charge in [0, 0.05) is 23.2 Å². The number of hydrogen-bond acceptors (Lipinski definition) is 3. The molecular weight excluding hydrogens is 268 g/mol. The third kappa shape index (κ3) is 2.40. The molecule has 4 heteroatoms. The number of benzene rings is 1. The quantitative estimate of drug-likeness (QED) is 0.933. The van der Waals surface area contributed by atoms with Gasteiger partial charge in [0.25, 0.3) is 5.91 Å². The Morgan fingerprint density at radius 1 is 1.45 bits per heavy atom. The molecule has 1 amide bonds. The van der Waals surface area contributed by atoms with E-state index in [2.05, 4.69) is 18.2 Å². The summed E-state index contributed by atoms with van der Waals surface area (Å²) in [6, 6.07) is 6.18. The molecule has 0 saturated heterocycles. The minimum Gasteiger partial charge on any atom is -0.397 e. The first-order valence-electron chi connectivity index (χ1n) is 7.18. The highest BCUT2D eigenvalue weighted by molar-refractivity contribution is 7.21. The summed E-state index contributed by atoms with van der Waals surface area (Å²) in [6.45, 7) is 5.71. The summed E-state index contributed by atoms with van der Waals surface area (Å²) in [5.41, 5.74) is 8.03. The second-order valence-corrected chi connectivity index (χ2v) is 6.68. The molecule has 0 radical (unpaired) electrons. The number of nitrogen functional groups attached to an aromatic ring is 1. The zero-order valence-electron chi connectivity index (χ0n) is 12.0. The van der Waals surface area contributed by atoms with Crippen LogP contribution in [-0.2, 0) is 0 Å². The van der Waals surface area contributed by atoms with Crippen LogP contribution in [0.5, 0.6) is 0 Å². The van der Waals surface area contributed by atoms with E-state index in [4.69, 9.17) is 5.73 Å². The van der Waals surface area contributed by atoms with Crippen LogP contribution in [0.2, 0.25) is 0 Å². The molecule has 3 rings (SSSR count). The first kappa shape index (κ1) is 13.4. The Morgan fingerprint density at radius 3 is 2.85 bits per heavy atom. The van der Waals surface area contributed by atoms with Crippen LogP contribution in [0, 0.1) is 12.8 Å². The summed E-state index contributed by atoms with van der Waals surface area (Å²) in [5, 5.41) is 1.01. The standard InChI is InChI=1S/C16H20N2OS/c1-3-18(9-11-5-6-11)16(19)15-14(17)12-8-10(2)4-7-13(12)20-15/h4,7-8,11H,3,5-6,9,17H2,1-2H3. The van der Waals surface area contributed by atoms with Crippen LogP contribution in [0.4, 0.5) is 5.69 Å². The van der Waals surface area contributed by atoms with E-state index in [-0.39, 0.29) is 5.91 Å². The van der Waals surface area contributed by atoms with Gasteiger partial charge in [-0.15, -0.1) is 11.3 Å².